The maximum atomic E-state index is 12.1. The molecule has 0 aliphatic carbocycles. The highest BCUT2D eigenvalue weighted by atomic mass is 16.6. The Morgan fingerprint density at radius 2 is 1.68 bits per heavy atom. The Bertz CT molecular complexity index is 756. The molecule has 0 radical (unpaired) electrons. The first-order valence-electron chi connectivity index (χ1n) is 9.83. The molecule has 2 saturated heterocycles. The van der Waals surface area contributed by atoms with E-state index in [0.717, 1.165) is 19.4 Å². The van der Waals surface area contributed by atoms with Crippen LogP contribution in [-0.4, -0.2) is 50.2 Å². The number of ether oxygens (including phenoxy) is 3. The second kappa shape index (κ2) is 9.19. The molecule has 0 saturated carbocycles. The topological polar surface area (TPSA) is 68.8 Å². The van der Waals surface area contributed by atoms with Gasteiger partial charge in [0.15, 0.2) is 6.10 Å². The molecule has 6 heteroatoms. The molecule has 2 aromatic carbocycles. The molecule has 2 aliphatic rings. The number of hydrogen-bond acceptors (Lipinski definition) is 5. The molecule has 4 atom stereocenters. The number of carbonyl (C=O) groups is 1. The quantitative estimate of drug-likeness (QED) is 0.721. The Hall–Kier alpha value is -2.41. The van der Waals surface area contributed by atoms with E-state index in [-0.39, 0.29) is 24.4 Å². The van der Waals surface area contributed by atoms with Crippen molar-refractivity contribution in [3.8, 4) is 0 Å². The van der Waals surface area contributed by atoms with E-state index in [1.54, 1.807) is 0 Å². The van der Waals surface area contributed by atoms with E-state index in [4.69, 9.17) is 14.2 Å². The number of benzene rings is 2. The molecule has 28 heavy (non-hydrogen) atoms. The molecule has 2 heterocycles. The van der Waals surface area contributed by atoms with Crippen molar-refractivity contribution < 1.29 is 19.0 Å². The monoisotopic (exact) mass is 382 g/mol. The summed E-state index contributed by atoms with van der Waals surface area (Å²) in [6.07, 6.45) is 0.937. The minimum Gasteiger partial charge on any atom is -0.441 e. The van der Waals surface area contributed by atoms with Crippen LogP contribution in [0.4, 0.5) is 10.5 Å². The van der Waals surface area contributed by atoms with Crippen molar-refractivity contribution in [2.75, 3.05) is 25.1 Å². The SMILES string of the molecule is O=C(Nc1ccccc1)O[C@@H]1CO[C@H]2[C@H]1OC[C@H]2NCCCc1ccccc1. The van der Waals surface area contributed by atoms with E-state index in [2.05, 4.69) is 34.9 Å². The number of hydrogen-bond donors (Lipinski definition) is 2. The van der Waals surface area contributed by atoms with Gasteiger partial charge in [0.1, 0.15) is 12.2 Å². The van der Waals surface area contributed by atoms with Gasteiger partial charge in [-0.05, 0) is 37.1 Å². The number of nitrogens with one attached hydrogen (secondary N) is 2. The van der Waals surface area contributed by atoms with Crippen molar-refractivity contribution in [3.63, 3.8) is 0 Å². The summed E-state index contributed by atoms with van der Waals surface area (Å²) in [6.45, 7) is 1.83. The first-order chi connectivity index (χ1) is 13.8. The number of rotatable bonds is 7. The van der Waals surface area contributed by atoms with Crippen LogP contribution in [0.15, 0.2) is 60.7 Å². The molecule has 0 spiro atoms. The highest BCUT2D eigenvalue weighted by Crippen LogP contribution is 2.29. The number of fused-ring (bicyclic) bond motifs is 1. The van der Waals surface area contributed by atoms with Gasteiger partial charge in [0.2, 0.25) is 0 Å². The standard InChI is InChI=1S/C22H26N2O4/c25-22(24-17-11-5-2-6-12-17)28-19-15-27-20-18(14-26-21(19)20)23-13-7-10-16-8-3-1-4-9-16/h1-6,8-9,11-12,18-21,23H,7,10,13-15H2,(H,24,25)/t18-,19-,20-,21+/m1/s1. The maximum absolute atomic E-state index is 12.1. The summed E-state index contributed by atoms with van der Waals surface area (Å²) in [7, 11) is 0. The lowest BCUT2D eigenvalue weighted by Gasteiger charge is -2.18. The minimum absolute atomic E-state index is 0.0775. The number of anilines is 1. The Labute approximate surface area is 165 Å². The molecular weight excluding hydrogens is 356 g/mol. The van der Waals surface area contributed by atoms with Crippen LogP contribution in [-0.2, 0) is 20.6 Å². The lowest BCUT2D eigenvalue weighted by molar-refractivity contribution is 0.00857. The highest BCUT2D eigenvalue weighted by Gasteiger charge is 2.49. The fraction of sp³-hybridized carbons (Fsp3) is 0.409. The Morgan fingerprint density at radius 1 is 0.964 bits per heavy atom. The zero-order valence-electron chi connectivity index (χ0n) is 15.8. The fourth-order valence-corrected chi connectivity index (χ4v) is 3.77. The van der Waals surface area contributed by atoms with E-state index in [9.17, 15) is 4.79 Å². The smallest absolute Gasteiger partial charge is 0.412 e. The molecule has 1 amide bonds. The van der Waals surface area contributed by atoms with Crippen LogP contribution in [0.3, 0.4) is 0 Å². The minimum atomic E-state index is -0.483. The van der Waals surface area contributed by atoms with Crippen LogP contribution in [0.5, 0.6) is 0 Å². The molecule has 2 fully saturated rings. The summed E-state index contributed by atoms with van der Waals surface area (Å²) < 4.78 is 17.3. The molecule has 2 aromatic rings. The van der Waals surface area contributed by atoms with Crippen molar-refractivity contribution in [2.24, 2.45) is 0 Å². The van der Waals surface area contributed by atoms with Crippen molar-refractivity contribution in [3.05, 3.63) is 66.2 Å². The van der Waals surface area contributed by atoms with Crippen molar-refractivity contribution in [1.82, 2.24) is 5.32 Å². The molecule has 0 unspecified atom stereocenters. The second-order valence-corrected chi connectivity index (χ2v) is 7.18. The van der Waals surface area contributed by atoms with Gasteiger partial charge in [0.05, 0.1) is 19.3 Å². The van der Waals surface area contributed by atoms with Gasteiger partial charge < -0.3 is 19.5 Å². The van der Waals surface area contributed by atoms with E-state index < -0.39 is 6.09 Å². The molecule has 2 N–H and O–H groups in total. The second-order valence-electron chi connectivity index (χ2n) is 7.18. The molecule has 4 rings (SSSR count). The zero-order chi connectivity index (χ0) is 19.2. The Kier molecular flexibility index (Phi) is 6.21. The highest BCUT2D eigenvalue weighted by molar-refractivity contribution is 5.84. The number of carbonyl (C=O) groups excluding carboxylic acids is 1. The van der Waals surface area contributed by atoms with Gasteiger partial charge in [-0.25, -0.2) is 4.79 Å². The van der Waals surface area contributed by atoms with E-state index in [1.165, 1.54) is 5.56 Å². The normalized spacial score (nSPS) is 26.0. The summed E-state index contributed by atoms with van der Waals surface area (Å²) in [6, 6.07) is 19.8. The van der Waals surface area contributed by atoms with Crippen LogP contribution < -0.4 is 10.6 Å². The average Bonchev–Trinajstić information content (AvgIpc) is 3.30. The summed E-state index contributed by atoms with van der Waals surface area (Å²) in [5.41, 5.74) is 2.05. The third kappa shape index (κ3) is 4.70. The van der Waals surface area contributed by atoms with Gasteiger partial charge in [-0.15, -0.1) is 0 Å². The van der Waals surface area contributed by atoms with Gasteiger partial charge >= 0.3 is 6.09 Å². The van der Waals surface area contributed by atoms with Gasteiger partial charge in [-0.2, -0.15) is 0 Å². The summed E-state index contributed by atoms with van der Waals surface area (Å²) in [5.74, 6) is 0. The molecule has 148 valence electrons. The Morgan fingerprint density at radius 3 is 2.46 bits per heavy atom. The molecule has 0 bridgehead atoms. The summed E-state index contributed by atoms with van der Waals surface area (Å²) in [4.78, 5) is 12.1. The van der Waals surface area contributed by atoms with Crippen molar-refractivity contribution in [1.29, 1.82) is 0 Å². The largest absolute Gasteiger partial charge is 0.441 e. The summed E-state index contributed by atoms with van der Waals surface area (Å²) in [5, 5.41) is 6.26. The maximum Gasteiger partial charge on any atom is 0.412 e. The predicted octanol–water partition coefficient (Wildman–Crippen LogP) is 2.99. The molecule has 0 aromatic heterocycles. The average molecular weight is 382 g/mol. The van der Waals surface area contributed by atoms with Gasteiger partial charge in [-0.3, -0.25) is 5.32 Å². The zero-order valence-corrected chi connectivity index (χ0v) is 15.8. The third-order valence-electron chi connectivity index (χ3n) is 5.18. The first kappa shape index (κ1) is 18.9. The molecule has 6 nitrogen and oxygen atoms in total. The van der Waals surface area contributed by atoms with Gasteiger partial charge in [0.25, 0.3) is 0 Å². The van der Waals surface area contributed by atoms with Crippen LogP contribution in [0.1, 0.15) is 12.0 Å². The lowest BCUT2D eigenvalue weighted by Crippen LogP contribution is -2.42. The van der Waals surface area contributed by atoms with Crippen LogP contribution in [0.2, 0.25) is 0 Å². The lowest BCUT2D eigenvalue weighted by atomic mass is 10.1. The molecule has 2 aliphatic heterocycles. The van der Waals surface area contributed by atoms with E-state index in [0.29, 0.717) is 18.9 Å². The predicted molar refractivity (Wildman–Crippen MR) is 106 cm³/mol. The first-order valence-corrected chi connectivity index (χ1v) is 9.83. The van der Waals surface area contributed by atoms with Crippen molar-refractivity contribution >= 4 is 11.8 Å². The van der Waals surface area contributed by atoms with Gasteiger partial charge in [0, 0.05) is 5.69 Å². The number of aryl methyl sites for hydroxylation is 1. The van der Waals surface area contributed by atoms with E-state index in [1.807, 2.05) is 36.4 Å². The van der Waals surface area contributed by atoms with Crippen LogP contribution >= 0.6 is 0 Å². The fourth-order valence-electron chi connectivity index (χ4n) is 3.77. The van der Waals surface area contributed by atoms with Gasteiger partial charge in [-0.1, -0.05) is 48.5 Å². The van der Waals surface area contributed by atoms with Crippen LogP contribution in [0.25, 0.3) is 0 Å². The van der Waals surface area contributed by atoms with Crippen molar-refractivity contribution in [2.45, 2.75) is 37.2 Å². The van der Waals surface area contributed by atoms with E-state index >= 15 is 0 Å². The molecular formula is C22H26N2O4. The summed E-state index contributed by atoms with van der Waals surface area (Å²) >= 11 is 0. The number of para-hydroxylation sites is 1. The van der Waals surface area contributed by atoms with Crippen LogP contribution in [0, 0.1) is 0 Å². The third-order valence-corrected chi connectivity index (χ3v) is 5.18. The number of amides is 1. The Balaban J connectivity index is 1.20.